The number of carbonyl (C=O) groups is 2. The largest absolute Gasteiger partial charge is 0.465 e. The topological polar surface area (TPSA) is 82.1 Å². The number of carbonyl (C=O) groups excluding carboxylic acids is 1. The van der Waals surface area contributed by atoms with Gasteiger partial charge in [0.25, 0.3) is 0 Å². The molecule has 28 heavy (non-hydrogen) atoms. The van der Waals surface area contributed by atoms with Crippen LogP contribution in [0.2, 0.25) is 0 Å². The van der Waals surface area contributed by atoms with Crippen LogP contribution in [0.1, 0.15) is 45.6 Å². The Kier molecular flexibility index (Phi) is 8.11. The molecular weight excluding hydrogens is 358 g/mol. The molecule has 0 bridgehead atoms. The Morgan fingerprint density at radius 1 is 1.21 bits per heavy atom. The number of benzene rings is 1. The van der Waals surface area contributed by atoms with E-state index >= 15 is 0 Å². The van der Waals surface area contributed by atoms with Crippen molar-refractivity contribution in [2.45, 2.75) is 58.2 Å². The molecule has 0 saturated carbocycles. The number of alkyl carbamates (subject to hydrolysis) is 1. The van der Waals surface area contributed by atoms with Gasteiger partial charge in [0.05, 0.1) is 0 Å². The maximum absolute atomic E-state index is 11.7. The van der Waals surface area contributed by atoms with Gasteiger partial charge < -0.3 is 25.0 Å². The van der Waals surface area contributed by atoms with E-state index in [9.17, 15) is 14.7 Å². The fourth-order valence-corrected chi connectivity index (χ4v) is 3.66. The lowest BCUT2D eigenvalue weighted by atomic mass is 9.97. The standard InChI is InChI=1S/C21H33N3O4/c1-21(2,3)24(20(26)27)18-10-14-23(15-11-18)13-7-12-22-19(25)28-16-17-8-5-4-6-9-17/h4-6,8-9,18H,7,10-16H2,1-3H3,(H,22,25)(H,26,27). The van der Waals surface area contributed by atoms with Crippen LogP contribution in [0.5, 0.6) is 0 Å². The summed E-state index contributed by atoms with van der Waals surface area (Å²) >= 11 is 0. The molecule has 2 rings (SSSR count). The van der Waals surface area contributed by atoms with Crippen molar-refractivity contribution >= 4 is 12.2 Å². The van der Waals surface area contributed by atoms with Crippen LogP contribution in [0.25, 0.3) is 0 Å². The van der Waals surface area contributed by atoms with Crippen molar-refractivity contribution in [2.75, 3.05) is 26.2 Å². The number of piperidine rings is 1. The molecular formula is C21H33N3O4. The third-order valence-electron chi connectivity index (χ3n) is 4.98. The Morgan fingerprint density at radius 2 is 1.86 bits per heavy atom. The molecule has 7 heteroatoms. The van der Waals surface area contributed by atoms with E-state index in [0.717, 1.165) is 44.5 Å². The molecule has 0 aliphatic carbocycles. The van der Waals surface area contributed by atoms with E-state index in [1.165, 1.54) is 0 Å². The van der Waals surface area contributed by atoms with Crippen LogP contribution in [-0.4, -0.2) is 64.9 Å². The highest BCUT2D eigenvalue weighted by atomic mass is 16.5. The van der Waals surface area contributed by atoms with Crippen LogP contribution in [0, 0.1) is 0 Å². The van der Waals surface area contributed by atoms with Gasteiger partial charge >= 0.3 is 12.2 Å². The normalized spacial score (nSPS) is 15.8. The molecule has 156 valence electrons. The van der Waals surface area contributed by atoms with Crippen molar-refractivity contribution in [1.29, 1.82) is 0 Å². The van der Waals surface area contributed by atoms with E-state index in [1.807, 2.05) is 51.1 Å². The lowest BCUT2D eigenvalue weighted by molar-refractivity contribution is 0.0421. The van der Waals surface area contributed by atoms with Gasteiger partial charge in [0.1, 0.15) is 6.61 Å². The molecule has 0 atom stereocenters. The van der Waals surface area contributed by atoms with Gasteiger partial charge in [0.15, 0.2) is 0 Å². The van der Waals surface area contributed by atoms with E-state index in [4.69, 9.17) is 4.74 Å². The summed E-state index contributed by atoms with van der Waals surface area (Å²) in [5.74, 6) is 0. The van der Waals surface area contributed by atoms with Crippen molar-refractivity contribution in [3.05, 3.63) is 35.9 Å². The Labute approximate surface area is 167 Å². The van der Waals surface area contributed by atoms with Gasteiger partial charge in [-0.3, -0.25) is 0 Å². The van der Waals surface area contributed by atoms with Crippen LogP contribution < -0.4 is 5.32 Å². The first kappa shape index (κ1) is 22.0. The highest BCUT2D eigenvalue weighted by Crippen LogP contribution is 2.24. The third kappa shape index (κ3) is 7.03. The van der Waals surface area contributed by atoms with Crippen molar-refractivity contribution in [2.24, 2.45) is 0 Å². The Morgan fingerprint density at radius 3 is 2.43 bits per heavy atom. The zero-order valence-corrected chi connectivity index (χ0v) is 17.2. The number of hydrogen-bond donors (Lipinski definition) is 2. The number of amides is 2. The summed E-state index contributed by atoms with van der Waals surface area (Å²) in [6.07, 6.45) is 1.29. The molecule has 0 spiro atoms. The summed E-state index contributed by atoms with van der Waals surface area (Å²) in [6.45, 7) is 9.30. The first-order valence-electron chi connectivity index (χ1n) is 9.96. The molecule has 1 saturated heterocycles. The van der Waals surface area contributed by atoms with E-state index in [-0.39, 0.29) is 18.2 Å². The molecule has 1 aromatic carbocycles. The summed E-state index contributed by atoms with van der Waals surface area (Å²) in [7, 11) is 0. The SMILES string of the molecule is CC(C)(C)N(C(=O)O)C1CCN(CCCNC(=O)OCc2ccccc2)CC1. The molecule has 0 radical (unpaired) electrons. The fourth-order valence-electron chi connectivity index (χ4n) is 3.66. The van der Waals surface area contributed by atoms with Gasteiger partial charge in [-0.1, -0.05) is 30.3 Å². The summed E-state index contributed by atoms with van der Waals surface area (Å²) in [6, 6.07) is 9.66. The smallest absolute Gasteiger partial charge is 0.407 e. The molecule has 1 aliphatic rings. The second-order valence-electron chi connectivity index (χ2n) is 8.24. The summed E-state index contributed by atoms with van der Waals surface area (Å²) < 4.78 is 5.19. The lowest BCUT2D eigenvalue weighted by Crippen LogP contribution is -2.54. The molecule has 1 aliphatic heterocycles. The first-order chi connectivity index (χ1) is 13.3. The minimum Gasteiger partial charge on any atom is -0.465 e. The number of hydrogen-bond acceptors (Lipinski definition) is 4. The van der Waals surface area contributed by atoms with Gasteiger partial charge in [-0.05, 0) is 52.1 Å². The Bertz CT molecular complexity index is 622. The summed E-state index contributed by atoms with van der Waals surface area (Å²) in [4.78, 5) is 27.3. The molecule has 1 heterocycles. The number of nitrogens with zero attached hydrogens (tertiary/aromatic N) is 2. The van der Waals surface area contributed by atoms with Gasteiger partial charge in [-0.15, -0.1) is 0 Å². The molecule has 1 aromatic rings. The Hall–Kier alpha value is -2.28. The molecule has 7 nitrogen and oxygen atoms in total. The molecule has 2 N–H and O–H groups in total. The maximum Gasteiger partial charge on any atom is 0.407 e. The highest BCUT2D eigenvalue weighted by molar-refractivity contribution is 5.67. The van der Waals surface area contributed by atoms with Crippen LogP contribution in [0.15, 0.2) is 30.3 Å². The van der Waals surface area contributed by atoms with E-state index in [1.54, 1.807) is 4.90 Å². The van der Waals surface area contributed by atoms with Crippen LogP contribution in [0.3, 0.4) is 0 Å². The van der Waals surface area contributed by atoms with E-state index in [0.29, 0.717) is 6.54 Å². The van der Waals surface area contributed by atoms with Crippen LogP contribution in [0.4, 0.5) is 9.59 Å². The number of likely N-dealkylation sites (tertiary alicyclic amines) is 1. The lowest BCUT2D eigenvalue weighted by Gasteiger charge is -2.43. The van der Waals surface area contributed by atoms with Crippen molar-refractivity contribution in [3.63, 3.8) is 0 Å². The number of rotatable bonds is 7. The minimum atomic E-state index is -0.843. The predicted octanol–water partition coefficient (Wildman–Crippen LogP) is 3.55. The van der Waals surface area contributed by atoms with Crippen LogP contribution >= 0.6 is 0 Å². The molecule has 1 fully saturated rings. The van der Waals surface area contributed by atoms with Gasteiger partial charge in [-0.2, -0.15) is 0 Å². The number of carboxylic acid groups (broad SMARTS) is 1. The zero-order chi connectivity index (χ0) is 20.6. The van der Waals surface area contributed by atoms with Crippen molar-refractivity contribution in [3.8, 4) is 0 Å². The number of ether oxygens (including phenoxy) is 1. The first-order valence-corrected chi connectivity index (χ1v) is 9.96. The average Bonchev–Trinajstić information content (AvgIpc) is 2.64. The van der Waals surface area contributed by atoms with Crippen molar-refractivity contribution < 1.29 is 19.4 Å². The van der Waals surface area contributed by atoms with Gasteiger partial charge in [-0.25, -0.2) is 9.59 Å². The Balaban J connectivity index is 1.61. The molecule has 2 amide bonds. The van der Waals surface area contributed by atoms with Gasteiger partial charge in [0.2, 0.25) is 0 Å². The van der Waals surface area contributed by atoms with Crippen LogP contribution in [-0.2, 0) is 11.3 Å². The summed E-state index contributed by atoms with van der Waals surface area (Å²) in [5, 5.41) is 12.3. The second kappa shape index (κ2) is 10.3. The maximum atomic E-state index is 11.7. The highest BCUT2D eigenvalue weighted by Gasteiger charge is 2.34. The summed E-state index contributed by atoms with van der Waals surface area (Å²) in [5.41, 5.74) is 0.578. The number of nitrogens with one attached hydrogen (secondary N) is 1. The molecule has 0 unspecified atom stereocenters. The average molecular weight is 392 g/mol. The van der Waals surface area contributed by atoms with E-state index < -0.39 is 12.2 Å². The van der Waals surface area contributed by atoms with Crippen molar-refractivity contribution in [1.82, 2.24) is 15.1 Å². The van der Waals surface area contributed by atoms with E-state index in [2.05, 4.69) is 10.2 Å². The van der Waals surface area contributed by atoms with Gasteiger partial charge in [0, 0.05) is 31.2 Å². The fraction of sp³-hybridized carbons (Fsp3) is 0.619. The molecule has 0 aromatic heterocycles. The monoisotopic (exact) mass is 391 g/mol. The third-order valence-corrected chi connectivity index (χ3v) is 4.98. The second-order valence-corrected chi connectivity index (χ2v) is 8.24. The zero-order valence-electron chi connectivity index (χ0n) is 17.2. The predicted molar refractivity (Wildman–Crippen MR) is 108 cm³/mol. The minimum absolute atomic E-state index is 0.0693. The quantitative estimate of drug-likeness (QED) is 0.695.